The Hall–Kier alpha value is -4.93. The molecule has 0 saturated heterocycles. The Balaban J connectivity index is 0.844. The van der Waals surface area contributed by atoms with Gasteiger partial charge in [0, 0.05) is 41.9 Å². The highest BCUT2D eigenvalue weighted by molar-refractivity contribution is 7.22. The van der Waals surface area contributed by atoms with Gasteiger partial charge in [-0.3, -0.25) is 14.4 Å². The summed E-state index contributed by atoms with van der Waals surface area (Å²) in [7, 11) is 0. The van der Waals surface area contributed by atoms with Gasteiger partial charge in [0.1, 0.15) is 10.0 Å². The number of para-hydroxylation sites is 1. The number of amides is 3. The molecule has 6 aromatic rings. The first-order valence-corrected chi connectivity index (χ1v) is 18.4. The van der Waals surface area contributed by atoms with Crippen LogP contribution in [0.2, 0.25) is 0 Å². The Morgan fingerprint density at radius 1 is 0.673 bits per heavy atom. The molecule has 3 amide bonds. The summed E-state index contributed by atoms with van der Waals surface area (Å²) in [5.74, 6) is 0.418. The molecule has 0 radical (unpaired) electrons. The lowest BCUT2D eigenvalue weighted by Gasteiger charge is -2.09. The van der Waals surface area contributed by atoms with Crippen LogP contribution in [0.15, 0.2) is 91.0 Å². The van der Waals surface area contributed by atoms with Gasteiger partial charge in [0.25, 0.3) is 0 Å². The van der Waals surface area contributed by atoms with Crippen LogP contribution in [0.4, 0.5) is 11.4 Å². The molecule has 7 rings (SSSR count). The molecular formula is C39H37N5O3S2. The van der Waals surface area contributed by atoms with Crippen LogP contribution in [0.3, 0.4) is 0 Å². The number of fused-ring (bicyclic) bond motifs is 2. The number of benzene rings is 4. The van der Waals surface area contributed by atoms with E-state index >= 15 is 0 Å². The van der Waals surface area contributed by atoms with E-state index < -0.39 is 0 Å². The molecule has 0 bridgehead atoms. The van der Waals surface area contributed by atoms with Crippen molar-refractivity contribution in [2.45, 2.75) is 51.4 Å². The molecule has 49 heavy (non-hydrogen) atoms. The van der Waals surface area contributed by atoms with Crippen molar-refractivity contribution >= 4 is 72.2 Å². The summed E-state index contributed by atoms with van der Waals surface area (Å²) in [6.45, 7) is 0.420. The van der Waals surface area contributed by atoms with E-state index in [1.54, 1.807) is 22.7 Å². The first kappa shape index (κ1) is 32.6. The van der Waals surface area contributed by atoms with Crippen LogP contribution in [-0.4, -0.2) is 34.2 Å². The van der Waals surface area contributed by atoms with Crippen LogP contribution in [0, 0.1) is 5.92 Å². The fourth-order valence-corrected chi connectivity index (χ4v) is 8.15. The van der Waals surface area contributed by atoms with Crippen LogP contribution in [0.1, 0.15) is 50.5 Å². The maximum Gasteiger partial charge on any atom is 0.224 e. The van der Waals surface area contributed by atoms with Gasteiger partial charge in [-0.2, -0.15) is 0 Å². The SMILES string of the molecule is O=C(Cc1ccc2sc(-c3ccc(NC(=O)CC4CCCC4)cc3)nc2c1)NCCCC(=O)Nc1ccc(-c2nc3ccccc3s2)cc1. The molecule has 2 aromatic heterocycles. The van der Waals surface area contributed by atoms with Crippen molar-refractivity contribution in [2.75, 3.05) is 17.2 Å². The molecule has 1 aliphatic rings. The molecule has 0 aliphatic heterocycles. The largest absolute Gasteiger partial charge is 0.356 e. The Kier molecular flexibility index (Phi) is 10.0. The second-order valence-electron chi connectivity index (χ2n) is 12.5. The Bertz CT molecular complexity index is 2060. The number of rotatable bonds is 12. The molecule has 1 fully saturated rings. The Morgan fingerprint density at radius 3 is 1.96 bits per heavy atom. The molecule has 248 valence electrons. The lowest BCUT2D eigenvalue weighted by atomic mass is 10.0. The maximum absolute atomic E-state index is 12.7. The predicted molar refractivity (Wildman–Crippen MR) is 200 cm³/mol. The maximum atomic E-state index is 12.7. The van der Waals surface area contributed by atoms with Crippen molar-refractivity contribution in [2.24, 2.45) is 5.92 Å². The van der Waals surface area contributed by atoms with Crippen molar-refractivity contribution in [1.29, 1.82) is 0 Å². The molecule has 2 heterocycles. The number of aromatic nitrogens is 2. The summed E-state index contributed by atoms with van der Waals surface area (Å²) >= 11 is 3.25. The zero-order chi connectivity index (χ0) is 33.6. The summed E-state index contributed by atoms with van der Waals surface area (Å²) in [6, 6.07) is 29.5. The molecule has 0 atom stereocenters. The van der Waals surface area contributed by atoms with Gasteiger partial charge in [-0.15, -0.1) is 22.7 Å². The summed E-state index contributed by atoms with van der Waals surface area (Å²) in [6.07, 6.45) is 6.46. The molecule has 1 saturated carbocycles. The van der Waals surface area contributed by atoms with E-state index in [0.29, 0.717) is 31.7 Å². The standard InChI is InChI=1S/C39H37N5O3S2/c45-35(41-29-16-12-27(13-17-29)38-43-31-8-3-4-9-33(31)48-38)10-5-21-40-36(46)24-26-11-20-34-32(22-26)44-39(49-34)28-14-18-30(19-15-28)42-37(47)23-25-6-1-2-7-25/h3-4,8-9,11-20,22,25H,1-2,5-7,10,21,23-24H2,(H,40,46)(H,41,45)(H,42,47). The summed E-state index contributed by atoms with van der Waals surface area (Å²) in [4.78, 5) is 47.1. The molecule has 0 spiro atoms. The van der Waals surface area contributed by atoms with Crippen LogP contribution in [-0.2, 0) is 20.8 Å². The lowest BCUT2D eigenvalue weighted by Crippen LogP contribution is -2.27. The monoisotopic (exact) mass is 687 g/mol. The number of thiazole rings is 2. The number of carbonyl (C=O) groups is 3. The first-order chi connectivity index (χ1) is 23.9. The van der Waals surface area contributed by atoms with E-state index in [9.17, 15) is 14.4 Å². The number of carbonyl (C=O) groups excluding carboxylic acids is 3. The van der Waals surface area contributed by atoms with Crippen LogP contribution in [0.25, 0.3) is 41.6 Å². The van der Waals surface area contributed by atoms with Crippen LogP contribution >= 0.6 is 22.7 Å². The van der Waals surface area contributed by atoms with Gasteiger partial charge in [-0.1, -0.05) is 31.0 Å². The molecule has 4 aromatic carbocycles. The molecule has 0 unspecified atom stereocenters. The van der Waals surface area contributed by atoms with Crippen LogP contribution < -0.4 is 16.0 Å². The third kappa shape index (κ3) is 8.39. The third-order valence-electron chi connectivity index (χ3n) is 8.79. The van der Waals surface area contributed by atoms with E-state index in [4.69, 9.17) is 9.97 Å². The van der Waals surface area contributed by atoms with E-state index in [-0.39, 0.29) is 24.1 Å². The molecule has 3 N–H and O–H groups in total. The van der Waals surface area contributed by atoms with Gasteiger partial charge >= 0.3 is 0 Å². The van der Waals surface area contributed by atoms with Gasteiger partial charge in [0.05, 0.1) is 26.9 Å². The number of nitrogens with zero attached hydrogens (tertiary/aromatic N) is 2. The summed E-state index contributed by atoms with van der Waals surface area (Å²) < 4.78 is 2.19. The Labute approximate surface area is 293 Å². The van der Waals surface area contributed by atoms with E-state index in [2.05, 4.69) is 22.0 Å². The number of hydrogen-bond donors (Lipinski definition) is 3. The quantitative estimate of drug-likeness (QED) is 0.111. The zero-order valence-corrected chi connectivity index (χ0v) is 28.7. The topological polar surface area (TPSA) is 113 Å². The van der Waals surface area contributed by atoms with E-state index in [0.717, 1.165) is 71.4 Å². The average molecular weight is 688 g/mol. The third-order valence-corrected chi connectivity index (χ3v) is 11.0. The van der Waals surface area contributed by atoms with Crippen molar-refractivity contribution in [1.82, 2.24) is 15.3 Å². The number of hydrogen-bond acceptors (Lipinski definition) is 7. The molecule has 8 nitrogen and oxygen atoms in total. The fourth-order valence-electron chi connectivity index (χ4n) is 6.23. The molecule has 10 heteroatoms. The highest BCUT2D eigenvalue weighted by atomic mass is 32.1. The lowest BCUT2D eigenvalue weighted by molar-refractivity contribution is -0.121. The minimum atomic E-state index is -0.0921. The van der Waals surface area contributed by atoms with E-state index in [1.807, 2.05) is 84.9 Å². The molecule has 1 aliphatic carbocycles. The first-order valence-electron chi connectivity index (χ1n) is 16.8. The van der Waals surface area contributed by atoms with Gasteiger partial charge in [0.2, 0.25) is 17.7 Å². The summed E-state index contributed by atoms with van der Waals surface area (Å²) in [5.41, 5.74) is 6.25. The zero-order valence-electron chi connectivity index (χ0n) is 27.0. The van der Waals surface area contributed by atoms with Crippen LogP contribution in [0.5, 0.6) is 0 Å². The number of anilines is 2. The smallest absolute Gasteiger partial charge is 0.224 e. The van der Waals surface area contributed by atoms with Crippen molar-refractivity contribution in [3.8, 4) is 21.1 Å². The highest BCUT2D eigenvalue weighted by Crippen LogP contribution is 2.33. The minimum absolute atomic E-state index is 0.0842. The summed E-state index contributed by atoms with van der Waals surface area (Å²) in [5, 5.41) is 10.7. The second kappa shape index (κ2) is 15.1. The van der Waals surface area contributed by atoms with Gasteiger partial charge in [-0.05, 0) is 104 Å². The van der Waals surface area contributed by atoms with Crippen molar-refractivity contribution in [3.05, 3.63) is 96.6 Å². The van der Waals surface area contributed by atoms with Gasteiger partial charge < -0.3 is 16.0 Å². The minimum Gasteiger partial charge on any atom is -0.356 e. The van der Waals surface area contributed by atoms with Crippen molar-refractivity contribution in [3.63, 3.8) is 0 Å². The van der Waals surface area contributed by atoms with Gasteiger partial charge in [-0.25, -0.2) is 9.97 Å². The van der Waals surface area contributed by atoms with Crippen molar-refractivity contribution < 1.29 is 14.4 Å². The number of nitrogens with one attached hydrogen (secondary N) is 3. The fraction of sp³-hybridized carbons (Fsp3) is 0.256. The average Bonchev–Trinajstić information content (AvgIpc) is 3.87. The van der Waals surface area contributed by atoms with Gasteiger partial charge in [0.15, 0.2) is 0 Å². The van der Waals surface area contributed by atoms with E-state index in [1.165, 1.54) is 12.8 Å². The predicted octanol–water partition coefficient (Wildman–Crippen LogP) is 8.84. The Morgan fingerprint density at radius 2 is 1.29 bits per heavy atom. The second-order valence-corrected chi connectivity index (χ2v) is 14.6. The highest BCUT2D eigenvalue weighted by Gasteiger charge is 2.18. The normalized spacial score (nSPS) is 13.1. The molecular weight excluding hydrogens is 651 g/mol.